The Kier molecular flexibility index (Phi) is 6.31. The fourth-order valence-electron chi connectivity index (χ4n) is 3.74. The number of esters is 1. The monoisotopic (exact) mass is 442 g/mol. The zero-order valence-electron chi connectivity index (χ0n) is 18.0. The van der Waals surface area contributed by atoms with Crippen LogP contribution in [0.15, 0.2) is 84.7 Å². The molecule has 1 aromatic heterocycles. The summed E-state index contributed by atoms with van der Waals surface area (Å²) < 4.78 is 5.15. The molecule has 2 heterocycles. The van der Waals surface area contributed by atoms with Gasteiger partial charge in [0.2, 0.25) is 0 Å². The van der Waals surface area contributed by atoms with E-state index in [1.54, 1.807) is 79.1 Å². The molecule has 0 radical (unpaired) electrons. The van der Waals surface area contributed by atoms with E-state index in [0.717, 1.165) is 0 Å². The molecule has 7 nitrogen and oxygen atoms in total. The fourth-order valence-corrected chi connectivity index (χ4v) is 3.74. The molecule has 0 spiro atoms. The molecular weight excluding hydrogens is 420 g/mol. The summed E-state index contributed by atoms with van der Waals surface area (Å²) in [5.41, 5.74) is 1.72. The molecule has 1 saturated heterocycles. The van der Waals surface area contributed by atoms with E-state index in [9.17, 15) is 19.5 Å². The summed E-state index contributed by atoms with van der Waals surface area (Å²) in [5.74, 6) is -2.29. The maximum absolute atomic E-state index is 13.1. The Labute approximate surface area is 191 Å². The van der Waals surface area contributed by atoms with Crippen LogP contribution >= 0.6 is 0 Å². The summed E-state index contributed by atoms with van der Waals surface area (Å²) in [6, 6.07) is 17.4. The summed E-state index contributed by atoms with van der Waals surface area (Å²) in [4.78, 5) is 43.8. The molecule has 4 rings (SSSR count). The van der Waals surface area contributed by atoms with Crippen molar-refractivity contribution in [3.8, 4) is 0 Å². The first-order chi connectivity index (χ1) is 16.0. The molecule has 0 aliphatic carbocycles. The smallest absolute Gasteiger partial charge is 0.338 e. The molecule has 1 fully saturated rings. The molecule has 0 saturated carbocycles. The van der Waals surface area contributed by atoms with Crippen molar-refractivity contribution in [3.05, 3.63) is 101 Å². The number of hydrogen-bond acceptors (Lipinski definition) is 6. The number of carbonyl (C=O) groups excluding carboxylic acids is 3. The Morgan fingerprint density at radius 1 is 1.00 bits per heavy atom. The number of ketones is 1. The predicted octanol–water partition coefficient (Wildman–Crippen LogP) is 4.27. The lowest BCUT2D eigenvalue weighted by Gasteiger charge is -2.25. The number of aliphatic hydroxyl groups excluding tert-OH is 1. The maximum Gasteiger partial charge on any atom is 0.338 e. The van der Waals surface area contributed by atoms with E-state index in [0.29, 0.717) is 35.4 Å². The first-order valence-corrected chi connectivity index (χ1v) is 10.6. The molecule has 1 unspecified atom stereocenters. The Balaban J connectivity index is 1.80. The van der Waals surface area contributed by atoms with Gasteiger partial charge in [0.25, 0.3) is 11.7 Å². The number of benzene rings is 2. The Morgan fingerprint density at radius 3 is 2.36 bits per heavy atom. The normalized spacial score (nSPS) is 17.2. The molecule has 166 valence electrons. The van der Waals surface area contributed by atoms with E-state index in [-0.39, 0.29) is 11.3 Å². The van der Waals surface area contributed by atoms with Crippen molar-refractivity contribution >= 4 is 29.1 Å². The second-order valence-electron chi connectivity index (χ2n) is 7.50. The molecule has 1 N–H and O–H groups in total. The standard InChI is InChI=1S/C26H22N2O5/c1-2-15-33-26(32)18-10-12-20(13-11-18)28-22(19-9-6-14-27-16-19)21(24(30)25(28)31)23(29)17-7-4-3-5-8-17/h3-14,16,22,29H,2,15H2,1H3/b23-21+. The van der Waals surface area contributed by atoms with E-state index in [4.69, 9.17) is 4.74 Å². The van der Waals surface area contributed by atoms with Crippen molar-refractivity contribution in [1.29, 1.82) is 0 Å². The highest BCUT2D eigenvalue weighted by Gasteiger charge is 2.47. The molecule has 7 heteroatoms. The van der Waals surface area contributed by atoms with Crippen molar-refractivity contribution in [3.63, 3.8) is 0 Å². The molecule has 0 bridgehead atoms. The molecule has 1 aliphatic rings. The predicted molar refractivity (Wildman–Crippen MR) is 122 cm³/mol. The lowest BCUT2D eigenvalue weighted by atomic mass is 9.96. The van der Waals surface area contributed by atoms with E-state index < -0.39 is 23.7 Å². The number of rotatable bonds is 6. The van der Waals surface area contributed by atoms with Crippen LogP contribution < -0.4 is 4.90 Å². The zero-order valence-corrected chi connectivity index (χ0v) is 18.0. The summed E-state index contributed by atoms with van der Waals surface area (Å²) in [7, 11) is 0. The van der Waals surface area contributed by atoms with Crippen molar-refractivity contribution in [2.24, 2.45) is 0 Å². The number of anilines is 1. The number of hydrogen-bond donors (Lipinski definition) is 1. The minimum atomic E-state index is -0.878. The van der Waals surface area contributed by atoms with Gasteiger partial charge in [-0.2, -0.15) is 0 Å². The number of aromatic nitrogens is 1. The Bertz CT molecular complexity index is 1200. The number of ether oxygens (including phenoxy) is 1. The topological polar surface area (TPSA) is 96.8 Å². The number of aliphatic hydroxyl groups is 1. The molecule has 1 amide bonds. The van der Waals surface area contributed by atoms with Crippen LogP contribution in [0.3, 0.4) is 0 Å². The third-order valence-corrected chi connectivity index (χ3v) is 5.31. The third-order valence-electron chi connectivity index (χ3n) is 5.31. The van der Waals surface area contributed by atoms with Crippen LogP contribution in [0.1, 0.15) is 40.9 Å². The van der Waals surface area contributed by atoms with Gasteiger partial charge in [0.05, 0.1) is 23.8 Å². The fraction of sp³-hybridized carbons (Fsp3) is 0.154. The minimum Gasteiger partial charge on any atom is -0.507 e. The van der Waals surface area contributed by atoms with Crippen LogP contribution in [0.2, 0.25) is 0 Å². The van der Waals surface area contributed by atoms with Gasteiger partial charge >= 0.3 is 5.97 Å². The summed E-state index contributed by atoms with van der Waals surface area (Å²) in [5, 5.41) is 11.0. The lowest BCUT2D eigenvalue weighted by Crippen LogP contribution is -2.29. The Morgan fingerprint density at radius 2 is 1.73 bits per heavy atom. The third kappa shape index (κ3) is 4.25. The number of carbonyl (C=O) groups is 3. The van der Waals surface area contributed by atoms with Gasteiger partial charge in [-0.25, -0.2) is 4.79 Å². The number of nitrogens with zero attached hydrogens (tertiary/aromatic N) is 2. The van der Waals surface area contributed by atoms with Crippen LogP contribution in [-0.4, -0.2) is 34.4 Å². The van der Waals surface area contributed by atoms with Gasteiger partial charge in [-0.3, -0.25) is 19.5 Å². The highest BCUT2D eigenvalue weighted by atomic mass is 16.5. The zero-order chi connectivity index (χ0) is 23.4. The van der Waals surface area contributed by atoms with Crippen LogP contribution in [-0.2, 0) is 14.3 Å². The molecule has 2 aromatic carbocycles. The molecule has 3 aromatic rings. The summed E-state index contributed by atoms with van der Waals surface area (Å²) >= 11 is 0. The van der Waals surface area contributed by atoms with Gasteiger partial charge in [-0.15, -0.1) is 0 Å². The van der Waals surface area contributed by atoms with Gasteiger partial charge in [0, 0.05) is 23.6 Å². The summed E-state index contributed by atoms with van der Waals surface area (Å²) in [6.07, 6.45) is 3.85. The van der Waals surface area contributed by atoms with E-state index in [1.165, 1.54) is 4.90 Å². The van der Waals surface area contributed by atoms with Crippen molar-refractivity contribution in [2.75, 3.05) is 11.5 Å². The van der Waals surface area contributed by atoms with Gasteiger partial charge in [0.15, 0.2) is 0 Å². The lowest BCUT2D eigenvalue weighted by molar-refractivity contribution is -0.132. The van der Waals surface area contributed by atoms with Crippen molar-refractivity contribution in [2.45, 2.75) is 19.4 Å². The first kappa shape index (κ1) is 22.0. The molecule has 33 heavy (non-hydrogen) atoms. The number of pyridine rings is 1. The van der Waals surface area contributed by atoms with Gasteiger partial charge in [0.1, 0.15) is 5.76 Å². The quantitative estimate of drug-likeness (QED) is 0.265. The van der Waals surface area contributed by atoms with E-state index in [2.05, 4.69) is 4.98 Å². The van der Waals surface area contributed by atoms with Gasteiger partial charge in [-0.1, -0.05) is 43.3 Å². The van der Waals surface area contributed by atoms with E-state index >= 15 is 0 Å². The maximum atomic E-state index is 13.1. The molecule has 1 atom stereocenters. The second-order valence-corrected chi connectivity index (χ2v) is 7.50. The number of amides is 1. The highest BCUT2D eigenvalue weighted by Crippen LogP contribution is 2.41. The van der Waals surface area contributed by atoms with Gasteiger partial charge in [-0.05, 0) is 42.3 Å². The van der Waals surface area contributed by atoms with Crippen molar-refractivity contribution < 1.29 is 24.2 Å². The first-order valence-electron chi connectivity index (χ1n) is 10.6. The highest BCUT2D eigenvalue weighted by molar-refractivity contribution is 6.51. The van der Waals surface area contributed by atoms with Gasteiger partial charge < -0.3 is 9.84 Å². The average molecular weight is 442 g/mol. The van der Waals surface area contributed by atoms with Crippen LogP contribution in [0.5, 0.6) is 0 Å². The second kappa shape index (κ2) is 9.48. The Hall–Kier alpha value is -4.26. The van der Waals surface area contributed by atoms with Crippen LogP contribution in [0, 0.1) is 0 Å². The summed E-state index contributed by atoms with van der Waals surface area (Å²) in [6.45, 7) is 2.22. The minimum absolute atomic E-state index is 0.0226. The molecular formula is C26H22N2O5. The van der Waals surface area contributed by atoms with E-state index in [1.807, 2.05) is 6.92 Å². The van der Waals surface area contributed by atoms with Crippen LogP contribution in [0.4, 0.5) is 5.69 Å². The van der Waals surface area contributed by atoms with Crippen molar-refractivity contribution in [1.82, 2.24) is 4.98 Å². The SMILES string of the molecule is CCCOC(=O)c1ccc(N2C(=O)C(=O)/C(=C(/O)c3ccccc3)C2c2cccnc2)cc1. The largest absolute Gasteiger partial charge is 0.507 e. The number of Topliss-reactive ketones (excluding diaryl/α,β-unsaturated/α-hetero) is 1. The molecule has 1 aliphatic heterocycles. The van der Waals surface area contributed by atoms with Crippen LogP contribution in [0.25, 0.3) is 5.76 Å². The average Bonchev–Trinajstić information content (AvgIpc) is 3.13.